The number of nitrogens with one attached hydrogen (secondary N) is 1. The fourth-order valence-electron chi connectivity index (χ4n) is 1.04. The Kier molecular flexibility index (Phi) is 4.99. The Morgan fingerprint density at radius 3 is 2.80 bits per heavy atom. The first kappa shape index (κ1) is 11.3. The highest BCUT2D eigenvalue weighted by Gasteiger charge is 2.00. The quantitative estimate of drug-likeness (QED) is 0.584. The van der Waals surface area contributed by atoms with Crippen molar-refractivity contribution in [1.29, 1.82) is 0 Å². The summed E-state index contributed by atoms with van der Waals surface area (Å²) in [5.74, 6) is 2.27. The van der Waals surface area contributed by atoms with Gasteiger partial charge < -0.3 is 10.1 Å². The summed E-state index contributed by atoms with van der Waals surface area (Å²) >= 11 is 0. The van der Waals surface area contributed by atoms with Crippen LogP contribution in [0.4, 0.5) is 5.69 Å². The number of terminal acetylenes is 1. The summed E-state index contributed by atoms with van der Waals surface area (Å²) in [7, 11) is 0. The van der Waals surface area contributed by atoms with E-state index in [2.05, 4.69) is 11.2 Å². The first-order valence-corrected chi connectivity index (χ1v) is 4.69. The van der Waals surface area contributed by atoms with Gasteiger partial charge >= 0.3 is 0 Å². The van der Waals surface area contributed by atoms with Gasteiger partial charge in [0.1, 0.15) is 6.61 Å². The second-order valence-corrected chi connectivity index (χ2v) is 2.92. The van der Waals surface area contributed by atoms with Crippen molar-refractivity contribution in [2.24, 2.45) is 0 Å². The third kappa shape index (κ3) is 4.84. The van der Waals surface area contributed by atoms with Crippen molar-refractivity contribution in [1.82, 2.24) is 0 Å². The molecule has 0 radical (unpaired) electrons. The highest BCUT2D eigenvalue weighted by molar-refractivity contribution is 5.90. The summed E-state index contributed by atoms with van der Waals surface area (Å²) in [6, 6.07) is 9.29. The summed E-state index contributed by atoms with van der Waals surface area (Å²) in [4.78, 5) is 11.3. The molecule has 1 aromatic rings. The molecule has 0 heterocycles. The predicted octanol–water partition coefficient (Wildman–Crippen LogP) is 1.66. The highest BCUT2D eigenvalue weighted by atomic mass is 16.5. The number of hydrogen-bond donors (Lipinski definition) is 1. The minimum atomic E-state index is -0.0711. The SMILES string of the molecule is C#CCOCCC(=O)Nc1ccccc1. The van der Waals surface area contributed by atoms with Crippen LogP contribution in [-0.2, 0) is 9.53 Å². The van der Waals surface area contributed by atoms with Gasteiger partial charge in [-0.2, -0.15) is 0 Å². The highest BCUT2D eigenvalue weighted by Crippen LogP contribution is 2.05. The van der Waals surface area contributed by atoms with Gasteiger partial charge in [-0.25, -0.2) is 0 Å². The Hall–Kier alpha value is -1.79. The molecule has 0 aliphatic heterocycles. The Morgan fingerprint density at radius 2 is 2.13 bits per heavy atom. The first-order valence-electron chi connectivity index (χ1n) is 4.69. The summed E-state index contributed by atoms with van der Waals surface area (Å²) in [6.07, 6.45) is 5.31. The topological polar surface area (TPSA) is 38.3 Å². The minimum Gasteiger partial charge on any atom is -0.368 e. The zero-order chi connectivity index (χ0) is 10.9. The Balaban J connectivity index is 2.22. The zero-order valence-corrected chi connectivity index (χ0v) is 8.40. The smallest absolute Gasteiger partial charge is 0.226 e. The van der Waals surface area contributed by atoms with Gasteiger partial charge in [-0.1, -0.05) is 24.1 Å². The molecule has 0 atom stereocenters. The molecule has 0 aliphatic rings. The third-order valence-corrected chi connectivity index (χ3v) is 1.72. The van der Waals surface area contributed by atoms with Gasteiger partial charge in [0.05, 0.1) is 13.0 Å². The van der Waals surface area contributed by atoms with Crippen LogP contribution in [-0.4, -0.2) is 19.1 Å². The van der Waals surface area contributed by atoms with Crippen LogP contribution in [0.25, 0.3) is 0 Å². The number of benzene rings is 1. The van der Waals surface area contributed by atoms with Crippen LogP contribution in [0.15, 0.2) is 30.3 Å². The Morgan fingerprint density at radius 1 is 1.40 bits per heavy atom. The maximum Gasteiger partial charge on any atom is 0.226 e. The normalized spacial score (nSPS) is 9.27. The lowest BCUT2D eigenvalue weighted by Gasteiger charge is -2.04. The third-order valence-electron chi connectivity index (χ3n) is 1.72. The molecule has 3 heteroatoms. The molecule has 78 valence electrons. The van der Waals surface area contributed by atoms with E-state index in [4.69, 9.17) is 11.2 Å². The van der Waals surface area contributed by atoms with Gasteiger partial charge in [-0.15, -0.1) is 6.42 Å². The predicted molar refractivity (Wildman–Crippen MR) is 59.3 cm³/mol. The van der Waals surface area contributed by atoms with Crippen molar-refractivity contribution < 1.29 is 9.53 Å². The number of hydrogen-bond acceptors (Lipinski definition) is 2. The molecule has 0 bridgehead atoms. The Labute approximate surface area is 89.4 Å². The Bertz CT molecular complexity index is 340. The van der Waals surface area contributed by atoms with Gasteiger partial charge in [0.25, 0.3) is 0 Å². The molecule has 0 fully saturated rings. The second kappa shape index (κ2) is 6.63. The van der Waals surface area contributed by atoms with E-state index < -0.39 is 0 Å². The zero-order valence-electron chi connectivity index (χ0n) is 8.40. The average molecular weight is 203 g/mol. The summed E-state index contributed by atoms with van der Waals surface area (Å²) in [5.41, 5.74) is 0.791. The number of amides is 1. The fourth-order valence-corrected chi connectivity index (χ4v) is 1.04. The fraction of sp³-hybridized carbons (Fsp3) is 0.250. The van der Waals surface area contributed by atoms with Crippen molar-refractivity contribution in [3.05, 3.63) is 30.3 Å². The van der Waals surface area contributed by atoms with Crippen molar-refractivity contribution in [2.75, 3.05) is 18.5 Å². The monoisotopic (exact) mass is 203 g/mol. The van der Waals surface area contributed by atoms with E-state index in [1.807, 2.05) is 30.3 Å². The van der Waals surface area contributed by atoms with Crippen LogP contribution < -0.4 is 5.32 Å². The van der Waals surface area contributed by atoms with Gasteiger partial charge in [0.15, 0.2) is 0 Å². The largest absolute Gasteiger partial charge is 0.368 e. The van der Waals surface area contributed by atoms with Crippen molar-refractivity contribution >= 4 is 11.6 Å². The van der Waals surface area contributed by atoms with E-state index in [0.29, 0.717) is 13.0 Å². The van der Waals surface area contributed by atoms with E-state index >= 15 is 0 Å². The number of carbonyl (C=O) groups is 1. The molecular formula is C12H13NO2. The lowest BCUT2D eigenvalue weighted by atomic mass is 10.3. The van der Waals surface area contributed by atoms with Crippen LogP contribution in [0.3, 0.4) is 0 Å². The molecule has 0 aromatic heterocycles. The molecule has 0 saturated carbocycles. The molecule has 1 aromatic carbocycles. The number of carbonyl (C=O) groups excluding carboxylic acids is 1. The molecule has 0 unspecified atom stereocenters. The number of rotatable bonds is 5. The lowest BCUT2D eigenvalue weighted by Crippen LogP contribution is -2.14. The maximum atomic E-state index is 11.3. The van der Waals surface area contributed by atoms with Gasteiger partial charge in [0, 0.05) is 5.69 Å². The molecule has 0 spiro atoms. The number of ether oxygens (including phenoxy) is 1. The molecular weight excluding hydrogens is 190 g/mol. The van der Waals surface area contributed by atoms with Crippen LogP contribution >= 0.6 is 0 Å². The standard InChI is InChI=1S/C12H13NO2/c1-2-9-15-10-8-12(14)13-11-6-4-3-5-7-11/h1,3-7H,8-10H2,(H,13,14). The second-order valence-electron chi connectivity index (χ2n) is 2.92. The van der Waals surface area contributed by atoms with Gasteiger partial charge in [0.2, 0.25) is 5.91 Å². The summed E-state index contributed by atoms with van der Waals surface area (Å²) in [6.45, 7) is 0.599. The molecule has 1 amide bonds. The molecule has 3 nitrogen and oxygen atoms in total. The molecule has 15 heavy (non-hydrogen) atoms. The average Bonchev–Trinajstić information content (AvgIpc) is 2.26. The van der Waals surface area contributed by atoms with E-state index in [0.717, 1.165) is 5.69 Å². The molecule has 1 rings (SSSR count). The van der Waals surface area contributed by atoms with Crippen molar-refractivity contribution in [3.63, 3.8) is 0 Å². The molecule has 1 N–H and O–H groups in total. The van der Waals surface area contributed by atoms with Crippen LogP contribution in [0.1, 0.15) is 6.42 Å². The maximum absolute atomic E-state index is 11.3. The van der Waals surface area contributed by atoms with Gasteiger partial charge in [-0.05, 0) is 12.1 Å². The van der Waals surface area contributed by atoms with E-state index in [-0.39, 0.29) is 12.5 Å². The van der Waals surface area contributed by atoms with E-state index in [9.17, 15) is 4.79 Å². The van der Waals surface area contributed by atoms with Crippen LogP contribution in [0, 0.1) is 12.3 Å². The summed E-state index contributed by atoms with van der Waals surface area (Å²) in [5, 5.41) is 2.75. The van der Waals surface area contributed by atoms with Crippen LogP contribution in [0.5, 0.6) is 0 Å². The molecule has 0 saturated heterocycles. The van der Waals surface area contributed by atoms with Crippen molar-refractivity contribution in [2.45, 2.75) is 6.42 Å². The minimum absolute atomic E-state index is 0.0711. The number of anilines is 1. The van der Waals surface area contributed by atoms with E-state index in [1.54, 1.807) is 0 Å². The lowest BCUT2D eigenvalue weighted by molar-refractivity contribution is -0.117. The first-order chi connectivity index (χ1) is 7.33. The van der Waals surface area contributed by atoms with E-state index in [1.165, 1.54) is 0 Å². The van der Waals surface area contributed by atoms with Crippen LogP contribution in [0.2, 0.25) is 0 Å². The van der Waals surface area contributed by atoms with Gasteiger partial charge in [-0.3, -0.25) is 4.79 Å². The van der Waals surface area contributed by atoms with Crippen molar-refractivity contribution in [3.8, 4) is 12.3 Å². The molecule has 0 aliphatic carbocycles. The summed E-state index contributed by atoms with van der Waals surface area (Å²) < 4.78 is 4.99. The number of para-hydroxylation sites is 1.